The zero-order valence-electron chi connectivity index (χ0n) is 14.6. The largest absolute Gasteiger partial charge is 0.365 e. The molecule has 0 heterocycles. The molecule has 0 atom stereocenters. The fourth-order valence-electron chi connectivity index (χ4n) is 2.47. The van der Waals surface area contributed by atoms with E-state index in [1.54, 1.807) is 37.9 Å². The average Bonchev–Trinajstić information content (AvgIpc) is 2.55. The number of halogens is 1. The summed E-state index contributed by atoms with van der Waals surface area (Å²) in [7, 11) is -2.19. The van der Waals surface area contributed by atoms with Gasteiger partial charge in [0, 0.05) is 25.7 Å². The molecule has 9 heteroatoms. The van der Waals surface area contributed by atoms with Gasteiger partial charge in [-0.05, 0) is 43.7 Å². The third-order valence-corrected chi connectivity index (χ3v) is 5.25. The lowest BCUT2D eigenvalue weighted by atomic mass is 10.2. The van der Waals surface area contributed by atoms with E-state index in [9.17, 15) is 22.9 Å². The average molecular weight is 381 g/mol. The quantitative estimate of drug-likeness (QED) is 0.588. The molecule has 2 aromatic carbocycles. The van der Waals surface area contributed by atoms with Gasteiger partial charge in [0.15, 0.2) is 0 Å². The van der Waals surface area contributed by atoms with Crippen LogP contribution in [0.4, 0.5) is 15.8 Å². The van der Waals surface area contributed by atoms with Crippen molar-refractivity contribution in [2.24, 2.45) is 0 Å². The molecular formula is C17H20FN3O4S. The molecule has 0 unspecified atom stereocenters. The van der Waals surface area contributed by atoms with E-state index in [1.165, 1.54) is 24.3 Å². The van der Waals surface area contributed by atoms with E-state index in [0.717, 1.165) is 11.6 Å². The summed E-state index contributed by atoms with van der Waals surface area (Å²) >= 11 is 0. The Labute approximate surface area is 151 Å². The van der Waals surface area contributed by atoms with Gasteiger partial charge >= 0.3 is 0 Å². The summed E-state index contributed by atoms with van der Waals surface area (Å²) in [6.45, 7) is 3.63. The Morgan fingerprint density at radius 3 is 2.35 bits per heavy atom. The van der Waals surface area contributed by atoms with Gasteiger partial charge in [-0.2, -0.15) is 0 Å². The molecule has 0 radical (unpaired) electrons. The standard InChI is InChI=1S/C17H20FN3O4S/c1-12(2)19-26(24,25)15-8-9-16(17(10-15)21(22)23)20(3)11-13-4-6-14(18)7-5-13/h4-10,12,19H,11H2,1-3H3. The van der Waals surface area contributed by atoms with Gasteiger partial charge in [-0.25, -0.2) is 17.5 Å². The van der Waals surface area contributed by atoms with Crippen LogP contribution in [0, 0.1) is 15.9 Å². The smallest absolute Gasteiger partial charge is 0.293 e. The first kappa shape index (κ1) is 19.8. The van der Waals surface area contributed by atoms with Crippen LogP contribution >= 0.6 is 0 Å². The minimum absolute atomic E-state index is 0.170. The predicted octanol–water partition coefficient (Wildman–Crippen LogP) is 3.06. The Hall–Kier alpha value is -2.52. The molecule has 0 aliphatic rings. The van der Waals surface area contributed by atoms with Gasteiger partial charge in [0.25, 0.3) is 5.69 Å². The summed E-state index contributed by atoms with van der Waals surface area (Å²) in [5.74, 6) is -0.366. The summed E-state index contributed by atoms with van der Waals surface area (Å²) in [4.78, 5) is 12.3. The van der Waals surface area contributed by atoms with E-state index in [4.69, 9.17) is 0 Å². The highest BCUT2D eigenvalue weighted by molar-refractivity contribution is 7.89. The van der Waals surface area contributed by atoms with Gasteiger partial charge < -0.3 is 4.90 Å². The second-order valence-corrected chi connectivity index (χ2v) is 7.88. The number of benzene rings is 2. The van der Waals surface area contributed by atoms with E-state index in [2.05, 4.69) is 4.72 Å². The van der Waals surface area contributed by atoms with Crippen molar-refractivity contribution in [3.63, 3.8) is 0 Å². The minimum atomic E-state index is -3.84. The zero-order valence-corrected chi connectivity index (χ0v) is 15.5. The molecule has 26 heavy (non-hydrogen) atoms. The molecule has 140 valence electrons. The Morgan fingerprint density at radius 2 is 1.81 bits per heavy atom. The van der Waals surface area contributed by atoms with Crippen LogP contribution in [0.3, 0.4) is 0 Å². The molecular weight excluding hydrogens is 361 g/mol. The highest BCUT2D eigenvalue weighted by Crippen LogP contribution is 2.31. The van der Waals surface area contributed by atoms with Gasteiger partial charge in [0.2, 0.25) is 10.0 Å². The van der Waals surface area contributed by atoms with Crippen molar-refractivity contribution in [1.29, 1.82) is 0 Å². The summed E-state index contributed by atoms with van der Waals surface area (Å²) in [5, 5.41) is 11.4. The van der Waals surface area contributed by atoms with Gasteiger partial charge in [-0.1, -0.05) is 12.1 Å². The van der Waals surface area contributed by atoms with E-state index in [0.29, 0.717) is 6.54 Å². The van der Waals surface area contributed by atoms with E-state index >= 15 is 0 Å². The second-order valence-electron chi connectivity index (χ2n) is 6.17. The second kappa shape index (κ2) is 7.79. The number of nitro benzene ring substituents is 1. The first-order valence-corrected chi connectivity index (χ1v) is 9.35. The number of anilines is 1. The van der Waals surface area contributed by atoms with Crippen LogP contribution in [-0.2, 0) is 16.6 Å². The number of hydrogen-bond donors (Lipinski definition) is 1. The third kappa shape index (κ3) is 4.77. The number of nitro groups is 1. The van der Waals surface area contributed by atoms with Crippen molar-refractivity contribution in [1.82, 2.24) is 4.72 Å². The molecule has 0 spiro atoms. The Bertz CT molecular complexity index is 899. The highest BCUT2D eigenvalue weighted by Gasteiger charge is 2.23. The number of sulfonamides is 1. The van der Waals surface area contributed by atoms with Gasteiger partial charge in [-0.15, -0.1) is 0 Å². The molecule has 1 N–H and O–H groups in total. The molecule has 7 nitrogen and oxygen atoms in total. The lowest BCUT2D eigenvalue weighted by Crippen LogP contribution is -2.30. The van der Waals surface area contributed by atoms with Crippen molar-refractivity contribution in [3.8, 4) is 0 Å². The molecule has 0 bridgehead atoms. The normalized spacial score (nSPS) is 11.6. The molecule has 2 aromatic rings. The molecule has 0 saturated heterocycles. The van der Waals surface area contributed by atoms with Gasteiger partial charge in [0.05, 0.1) is 9.82 Å². The number of nitrogens with one attached hydrogen (secondary N) is 1. The van der Waals surface area contributed by atoms with Crippen LogP contribution in [0.1, 0.15) is 19.4 Å². The topological polar surface area (TPSA) is 92.6 Å². The van der Waals surface area contributed by atoms with Gasteiger partial charge in [0.1, 0.15) is 11.5 Å². The lowest BCUT2D eigenvalue weighted by Gasteiger charge is -2.20. The highest BCUT2D eigenvalue weighted by atomic mass is 32.2. The minimum Gasteiger partial charge on any atom is -0.365 e. The molecule has 0 aliphatic heterocycles. The Kier molecular flexibility index (Phi) is 5.94. The van der Waals surface area contributed by atoms with E-state index in [1.807, 2.05) is 0 Å². The predicted molar refractivity (Wildman–Crippen MR) is 97.1 cm³/mol. The number of rotatable bonds is 7. The Balaban J connectivity index is 2.36. The van der Waals surface area contributed by atoms with Crippen LogP contribution < -0.4 is 9.62 Å². The molecule has 0 aliphatic carbocycles. The maximum Gasteiger partial charge on any atom is 0.293 e. The Morgan fingerprint density at radius 1 is 1.19 bits per heavy atom. The van der Waals surface area contributed by atoms with Crippen LogP contribution in [-0.4, -0.2) is 26.4 Å². The molecule has 0 fully saturated rings. The van der Waals surface area contributed by atoms with Crippen molar-refractivity contribution >= 4 is 21.4 Å². The molecule has 0 aromatic heterocycles. The van der Waals surface area contributed by atoms with Crippen LogP contribution in [0.25, 0.3) is 0 Å². The molecule has 0 amide bonds. The monoisotopic (exact) mass is 381 g/mol. The molecule has 2 rings (SSSR count). The maximum absolute atomic E-state index is 13.0. The summed E-state index contributed by atoms with van der Waals surface area (Å²) < 4.78 is 39.9. The first-order valence-electron chi connectivity index (χ1n) is 7.86. The van der Waals surface area contributed by atoms with Crippen molar-refractivity contribution in [2.75, 3.05) is 11.9 Å². The summed E-state index contributed by atoms with van der Waals surface area (Å²) in [6, 6.07) is 9.23. The fraction of sp³-hybridized carbons (Fsp3) is 0.294. The SMILES string of the molecule is CC(C)NS(=O)(=O)c1ccc(N(C)Cc2ccc(F)cc2)c([N+](=O)[O-])c1. The summed E-state index contributed by atoms with van der Waals surface area (Å²) in [5.41, 5.74) is 0.713. The number of hydrogen-bond acceptors (Lipinski definition) is 5. The van der Waals surface area contributed by atoms with Crippen LogP contribution in [0.5, 0.6) is 0 Å². The fourth-order valence-corrected chi connectivity index (χ4v) is 3.74. The lowest BCUT2D eigenvalue weighted by molar-refractivity contribution is -0.384. The van der Waals surface area contributed by atoms with Gasteiger partial charge in [-0.3, -0.25) is 10.1 Å². The maximum atomic E-state index is 13.0. The molecule has 0 saturated carbocycles. The third-order valence-electron chi connectivity index (χ3n) is 3.59. The van der Waals surface area contributed by atoms with Crippen LogP contribution in [0.2, 0.25) is 0 Å². The van der Waals surface area contributed by atoms with Crippen LogP contribution in [0.15, 0.2) is 47.4 Å². The van der Waals surface area contributed by atoms with E-state index in [-0.39, 0.29) is 28.1 Å². The zero-order chi connectivity index (χ0) is 19.5. The first-order chi connectivity index (χ1) is 12.1. The summed E-state index contributed by atoms with van der Waals surface area (Å²) in [6.07, 6.45) is 0. The van der Waals surface area contributed by atoms with Crippen molar-refractivity contribution < 1.29 is 17.7 Å². The van der Waals surface area contributed by atoms with Crippen molar-refractivity contribution in [3.05, 3.63) is 64.0 Å². The van der Waals surface area contributed by atoms with Crippen molar-refractivity contribution in [2.45, 2.75) is 31.3 Å². The van der Waals surface area contributed by atoms with E-state index < -0.39 is 14.9 Å². The number of nitrogens with zero attached hydrogens (tertiary/aromatic N) is 2.